The Bertz CT molecular complexity index is 1590. The van der Waals surface area contributed by atoms with Gasteiger partial charge in [0.15, 0.2) is 0 Å². The lowest BCUT2D eigenvalue weighted by Crippen LogP contribution is -2.24. The Balaban J connectivity index is 1.29. The van der Waals surface area contributed by atoms with Gasteiger partial charge >= 0.3 is 5.97 Å². The van der Waals surface area contributed by atoms with Gasteiger partial charge in [0.05, 0.1) is 17.3 Å². The summed E-state index contributed by atoms with van der Waals surface area (Å²) < 4.78 is 1.55. The summed E-state index contributed by atoms with van der Waals surface area (Å²) in [6.45, 7) is 0. The molecule has 1 atom stereocenters. The number of amides is 1. The standard InChI is InChI=1S/C28H21ClN6O4/c29-21-9-13-26(35-17-31-33-34-35)23(15-21)19-6-12-25(30-16-19)24(14-18-4-2-1-3-5-18)27(36)32-22-10-7-20(8-11-22)28(37)38-39-28/h1-13,15-17,24,37H,14H2,(H,32,36)/t24-/m1/s1. The van der Waals surface area contributed by atoms with Crippen LogP contribution in [-0.4, -0.2) is 36.2 Å². The second-order valence-electron chi connectivity index (χ2n) is 8.95. The molecular formula is C28H21ClN6O4. The fraction of sp³-hybridized carbons (Fsp3) is 0.107. The smallest absolute Gasteiger partial charge is 0.336 e. The third-order valence-electron chi connectivity index (χ3n) is 6.37. The SMILES string of the molecule is O=C(Nc1ccc(C2(O)OO2)cc1)[C@H](Cc1ccccc1)c1ccc(-c2cc(Cl)ccc2-n2cnnn2)cn1. The fourth-order valence-electron chi connectivity index (χ4n) is 4.29. The van der Waals surface area contributed by atoms with E-state index in [1.54, 1.807) is 41.2 Å². The summed E-state index contributed by atoms with van der Waals surface area (Å²) in [5.74, 6) is -2.50. The number of anilines is 1. The van der Waals surface area contributed by atoms with Crippen LogP contribution in [-0.2, 0) is 27.0 Å². The van der Waals surface area contributed by atoms with Crippen molar-refractivity contribution < 1.29 is 19.7 Å². The molecule has 0 aliphatic carbocycles. The Kier molecular flexibility index (Phi) is 6.59. The number of carbonyl (C=O) groups excluding carboxylic acids is 1. The number of hydrogen-bond donors (Lipinski definition) is 2. The van der Waals surface area contributed by atoms with Gasteiger partial charge in [0.25, 0.3) is 0 Å². The largest absolute Gasteiger partial charge is 0.365 e. The van der Waals surface area contributed by atoms with Gasteiger partial charge in [-0.15, -0.1) is 5.10 Å². The van der Waals surface area contributed by atoms with Crippen LogP contribution in [0.2, 0.25) is 5.02 Å². The Morgan fingerprint density at radius 2 is 1.82 bits per heavy atom. The van der Waals surface area contributed by atoms with Gasteiger partial charge in [0.1, 0.15) is 6.33 Å². The van der Waals surface area contributed by atoms with Gasteiger partial charge in [-0.25, -0.2) is 0 Å². The van der Waals surface area contributed by atoms with E-state index < -0.39 is 11.9 Å². The van der Waals surface area contributed by atoms with Crippen LogP contribution in [0.3, 0.4) is 0 Å². The lowest BCUT2D eigenvalue weighted by atomic mass is 9.93. The van der Waals surface area contributed by atoms with Crippen LogP contribution in [0.1, 0.15) is 22.7 Å². The number of rotatable bonds is 8. The van der Waals surface area contributed by atoms with Gasteiger partial charge in [0.2, 0.25) is 5.91 Å². The monoisotopic (exact) mass is 540 g/mol. The van der Waals surface area contributed by atoms with Gasteiger partial charge in [-0.1, -0.05) is 48.0 Å². The minimum absolute atomic E-state index is 0.221. The Labute approximate surface area is 227 Å². The molecule has 1 aliphatic rings. The van der Waals surface area contributed by atoms with E-state index in [9.17, 15) is 9.90 Å². The normalized spacial score (nSPS) is 14.5. The maximum Gasteiger partial charge on any atom is 0.365 e. The van der Waals surface area contributed by atoms with Gasteiger partial charge in [0, 0.05) is 33.6 Å². The molecule has 0 radical (unpaired) electrons. The molecule has 1 amide bonds. The topological polar surface area (TPSA) is 131 Å². The Hall–Kier alpha value is -4.48. The second kappa shape index (κ2) is 10.4. The highest BCUT2D eigenvalue weighted by molar-refractivity contribution is 6.31. The van der Waals surface area contributed by atoms with E-state index in [0.29, 0.717) is 28.4 Å². The zero-order valence-electron chi connectivity index (χ0n) is 20.3. The van der Waals surface area contributed by atoms with Crippen molar-refractivity contribution >= 4 is 23.2 Å². The number of hydrogen-bond acceptors (Lipinski definition) is 8. The van der Waals surface area contributed by atoms with E-state index in [2.05, 4.69) is 30.6 Å². The zero-order valence-corrected chi connectivity index (χ0v) is 21.1. The molecule has 3 aromatic carbocycles. The quantitative estimate of drug-likeness (QED) is 0.219. The first kappa shape index (κ1) is 24.8. The lowest BCUT2D eigenvalue weighted by Gasteiger charge is -2.18. The van der Waals surface area contributed by atoms with Crippen molar-refractivity contribution in [1.82, 2.24) is 25.2 Å². The molecule has 10 nitrogen and oxygen atoms in total. The molecule has 1 saturated heterocycles. The Morgan fingerprint density at radius 3 is 2.49 bits per heavy atom. The number of nitrogens with zero attached hydrogens (tertiary/aromatic N) is 5. The molecule has 3 heterocycles. The molecule has 0 bridgehead atoms. The van der Waals surface area contributed by atoms with E-state index in [1.165, 1.54) is 6.33 Å². The van der Waals surface area contributed by atoms with E-state index in [1.807, 2.05) is 54.6 Å². The highest BCUT2D eigenvalue weighted by Gasteiger charge is 2.49. The summed E-state index contributed by atoms with van der Waals surface area (Å²) in [5.41, 5.74) is 4.93. The van der Waals surface area contributed by atoms with Crippen LogP contribution in [0.4, 0.5) is 5.69 Å². The minimum atomic E-state index is -1.71. The fourth-order valence-corrected chi connectivity index (χ4v) is 4.46. The average molecular weight is 541 g/mol. The van der Waals surface area contributed by atoms with Gasteiger partial charge in [-0.05, 0) is 70.9 Å². The predicted octanol–water partition coefficient (Wildman–Crippen LogP) is 4.41. The molecule has 194 valence electrons. The number of pyridine rings is 1. The summed E-state index contributed by atoms with van der Waals surface area (Å²) >= 11 is 6.29. The van der Waals surface area contributed by atoms with Crippen LogP contribution >= 0.6 is 11.6 Å². The number of aliphatic hydroxyl groups is 1. The molecule has 1 aliphatic heterocycles. The van der Waals surface area contributed by atoms with E-state index in [-0.39, 0.29) is 5.91 Å². The number of aromatic nitrogens is 5. The third-order valence-corrected chi connectivity index (χ3v) is 6.60. The lowest BCUT2D eigenvalue weighted by molar-refractivity contribution is -0.117. The van der Waals surface area contributed by atoms with Crippen molar-refractivity contribution in [1.29, 1.82) is 0 Å². The number of benzene rings is 3. The summed E-state index contributed by atoms with van der Waals surface area (Å²) in [4.78, 5) is 27.4. The summed E-state index contributed by atoms with van der Waals surface area (Å²) in [6, 6.07) is 25.5. The Morgan fingerprint density at radius 1 is 1.03 bits per heavy atom. The van der Waals surface area contributed by atoms with Crippen LogP contribution in [0.25, 0.3) is 16.8 Å². The van der Waals surface area contributed by atoms with E-state index >= 15 is 0 Å². The highest BCUT2D eigenvalue weighted by atomic mass is 35.5. The molecule has 2 N–H and O–H groups in total. The van der Waals surface area contributed by atoms with Crippen molar-refractivity contribution in [3.63, 3.8) is 0 Å². The van der Waals surface area contributed by atoms with Gasteiger partial charge in [-0.3, -0.25) is 9.78 Å². The first-order chi connectivity index (χ1) is 19.0. The minimum Gasteiger partial charge on any atom is -0.336 e. The van der Waals surface area contributed by atoms with Crippen molar-refractivity contribution in [2.24, 2.45) is 0 Å². The van der Waals surface area contributed by atoms with Gasteiger partial charge < -0.3 is 10.4 Å². The molecule has 6 rings (SSSR count). The average Bonchev–Trinajstić information content (AvgIpc) is 3.48. The van der Waals surface area contributed by atoms with E-state index in [0.717, 1.165) is 22.4 Å². The maximum absolute atomic E-state index is 13.5. The predicted molar refractivity (Wildman–Crippen MR) is 141 cm³/mol. The molecule has 0 saturated carbocycles. The van der Waals surface area contributed by atoms with Gasteiger partial charge in [-0.2, -0.15) is 14.5 Å². The first-order valence-electron chi connectivity index (χ1n) is 12.0. The molecule has 2 aromatic heterocycles. The van der Waals surface area contributed by atoms with Crippen LogP contribution in [0.5, 0.6) is 0 Å². The van der Waals surface area contributed by atoms with E-state index in [4.69, 9.17) is 16.6 Å². The van der Waals surface area contributed by atoms with Crippen molar-refractivity contribution in [3.05, 3.63) is 119 Å². The van der Waals surface area contributed by atoms with Crippen LogP contribution in [0, 0.1) is 0 Å². The van der Waals surface area contributed by atoms with Crippen molar-refractivity contribution in [3.8, 4) is 16.8 Å². The van der Waals surface area contributed by atoms with Crippen molar-refractivity contribution in [2.75, 3.05) is 5.32 Å². The molecule has 0 spiro atoms. The highest BCUT2D eigenvalue weighted by Crippen LogP contribution is 2.38. The summed E-state index contributed by atoms with van der Waals surface area (Å²) in [6.07, 6.45) is 3.67. The molecule has 39 heavy (non-hydrogen) atoms. The number of tetrazole rings is 1. The molecule has 11 heteroatoms. The van der Waals surface area contributed by atoms with Crippen molar-refractivity contribution in [2.45, 2.75) is 18.3 Å². The summed E-state index contributed by atoms with van der Waals surface area (Å²) in [5, 5.41) is 24.9. The molecule has 5 aromatic rings. The summed E-state index contributed by atoms with van der Waals surface area (Å²) in [7, 11) is 0. The second-order valence-corrected chi connectivity index (χ2v) is 9.38. The molecular weight excluding hydrogens is 520 g/mol. The zero-order chi connectivity index (χ0) is 26.8. The molecule has 0 unspecified atom stereocenters. The number of carbonyl (C=O) groups is 1. The first-order valence-corrected chi connectivity index (χ1v) is 12.4. The number of nitrogens with one attached hydrogen (secondary N) is 1. The number of halogens is 1. The molecule has 1 fully saturated rings. The third kappa shape index (κ3) is 5.40. The van der Waals surface area contributed by atoms with Crippen LogP contribution < -0.4 is 5.32 Å². The maximum atomic E-state index is 13.5. The van der Waals surface area contributed by atoms with Crippen LogP contribution in [0.15, 0.2) is 97.5 Å².